The maximum absolute atomic E-state index is 6.18. The van der Waals surface area contributed by atoms with Crippen molar-refractivity contribution in [2.45, 2.75) is 44.6 Å². The highest BCUT2D eigenvalue weighted by molar-refractivity contribution is 6.31. The van der Waals surface area contributed by atoms with Crippen molar-refractivity contribution in [2.75, 3.05) is 0 Å². The summed E-state index contributed by atoms with van der Waals surface area (Å²) in [5.74, 6) is 0.843. The summed E-state index contributed by atoms with van der Waals surface area (Å²) in [7, 11) is 0. The first kappa shape index (κ1) is 11.9. The Morgan fingerprint density at radius 1 is 1.44 bits per heavy atom. The van der Waals surface area contributed by atoms with Crippen molar-refractivity contribution >= 4 is 11.6 Å². The highest BCUT2D eigenvalue weighted by Gasteiger charge is 2.18. The van der Waals surface area contributed by atoms with Crippen LogP contribution in [0.25, 0.3) is 0 Å². The van der Waals surface area contributed by atoms with Gasteiger partial charge >= 0.3 is 0 Å². The quantitative estimate of drug-likeness (QED) is 0.875. The van der Waals surface area contributed by atoms with Crippen LogP contribution in [0.3, 0.4) is 0 Å². The highest BCUT2D eigenvalue weighted by Crippen LogP contribution is 2.29. The lowest BCUT2D eigenvalue weighted by atomic mass is 9.95. The van der Waals surface area contributed by atoms with E-state index in [1.807, 2.05) is 6.07 Å². The summed E-state index contributed by atoms with van der Waals surface area (Å²) in [6.45, 7) is 0. The van der Waals surface area contributed by atoms with E-state index >= 15 is 0 Å². The van der Waals surface area contributed by atoms with Gasteiger partial charge in [-0.15, -0.1) is 0 Å². The van der Waals surface area contributed by atoms with E-state index in [1.165, 1.54) is 25.7 Å². The van der Waals surface area contributed by atoms with Gasteiger partial charge < -0.3 is 5.73 Å². The first-order valence-electron chi connectivity index (χ1n) is 6.09. The average Bonchev–Trinajstić information content (AvgIpc) is 2.74. The van der Waals surface area contributed by atoms with E-state index in [2.05, 4.69) is 4.98 Å². The summed E-state index contributed by atoms with van der Waals surface area (Å²) < 4.78 is 0. The van der Waals surface area contributed by atoms with Gasteiger partial charge in [0.05, 0.1) is 5.02 Å². The van der Waals surface area contributed by atoms with E-state index in [-0.39, 0.29) is 6.04 Å². The topological polar surface area (TPSA) is 38.9 Å². The van der Waals surface area contributed by atoms with Gasteiger partial charge in [-0.25, -0.2) is 0 Å². The molecule has 16 heavy (non-hydrogen) atoms. The molecule has 0 radical (unpaired) electrons. The van der Waals surface area contributed by atoms with Crippen molar-refractivity contribution in [3.8, 4) is 0 Å². The summed E-state index contributed by atoms with van der Waals surface area (Å²) in [6.07, 6.45) is 11.0. The molecule has 1 aliphatic rings. The predicted molar refractivity (Wildman–Crippen MR) is 67.5 cm³/mol. The van der Waals surface area contributed by atoms with E-state index in [1.54, 1.807) is 12.4 Å². The molecule has 0 amide bonds. The third kappa shape index (κ3) is 3.19. The molecule has 2 rings (SSSR count). The smallest absolute Gasteiger partial charge is 0.0621 e. The molecule has 1 aromatic heterocycles. The van der Waals surface area contributed by atoms with E-state index in [4.69, 9.17) is 17.3 Å². The lowest BCUT2D eigenvalue weighted by Gasteiger charge is -2.16. The first-order valence-corrected chi connectivity index (χ1v) is 6.47. The molecule has 1 fully saturated rings. The molecule has 2 nitrogen and oxygen atoms in total. The standard InChI is InChI=1S/C13H19ClN2/c14-13-9-16-6-5-11(13)8-12(15)7-10-3-1-2-4-10/h5-6,9-10,12H,1-4,7-8,15H2. The fraction of sp³-hybridized carbons (Fsp3) is 0.615. The van der Waals surface area contributed by atoms with Gasteiger partial charge in [0.2, 0.25) is 0 Å². The third-order valence-corrected chi connectivity index (χ3v) is 3.79. The molecule has 1 aliphatic carbocycles. The van der Waals surface area contributed by atoms with Crippen LogP contribution in [0.15, 0.2) is 18.5 Å². The Balaban J connectivity index is 1.86. The van der Waals surface area contributed by atoms with Crippen molar-refractivity contribution in [1.82, 2.24) is 4.98 Å². The largest absolute Gasteiger partial charge is 0.327 e. The number of hydrogen-bond donors (Lipinski definition) is 1. The highest BCUT2D eigenvalue weighted by atomic mass is 35.5. The summed E-state index contributed by atoms with van der Waals surface area (Å²) in [4.78, 5) is 3.98. The van der Waals surface area contributed by atoms with Gasteiger partial charge in [0.1, 0.15) is 0 Å². The third-order valence-electron chi connectivity index (χ3n) is 3.45. The zero-order valence-electron chi connectivity index (χ0n) is 9.53. The lowest BCUT2D eigenvalue weighted by molar-refractivity contribution is 0.440. The number of nitrogens with two attached hydrogens (primary N) is 1. The van der Waals surface area contributed by atoms with Gasteiger partial charge in [0.15, 0.2) is 0 Å². The van der Waals surface area contributed by atoms with Gasteiger partial charge in [-0.3, -0.25) is 4.98 Å². The molecule has 2 N–H and O–H groups in total. The number of hydrogen-bond acceptors (Lipinski definition) is 2. The summed E-state index contributed by atoms with van der Waals surface area (Å²) in [6, 6.07) is 2.21. The van der Waals surface area contributed by atoms with E-state index in [0.717, 1.165) is 29.3 Å². The molecular formula is C13H19ClN2. The van der Waals surface area contributed by atoms with Crippen LogP contribution in [0.1, 0.15) is 37.7 Å². The molecule has 3 heteroatoms. The van der Waals surface area contributed by atoms with Crippen LogP contribution in [0.4, 0.5) is 0 Å². The fourth-order valence-corrected chi connectivity index (χ4v) is 2.81. The first-order chi connectivity index (χ1) is 7.75. The Kier molecular flexibility index (Phi) is 4.19. The molecular weight excluding hydrogens is 220 g/mol. The minimum absolute atomic E-state index is 0.239. The normalized spacial score (nSPS) is 18.9. The molecule has 0 aliphatic heterocycles. The van der Waals surface area contributed by atoms with Crippen molar-refractivity contribution in [2.24, 2.45) is 11.7 Å². The summed E-state index contributed by atoms with van der Waals surface area (Å²) in [5.41, 5.74) is 7.30. The molecule has 1 unspecified atom stereocenters. The van der Waals surface area contributed by atoms with Crippen LogP contribution in [-0.2, 0) is 6.42 Å². The summed E-state index contributed by atoms with van der Waals surface area (Å²) >= 11 is 6.07. The number of nitrogens with zero attached hydrogens (tertiary/aromatic N) is 1. The number of halogens is 1. The van der Waals surface area contributed by atoms with Crippen LogP contribution < -0.4 is 5.73 Å². The second-order valence-electron chi connectivity index (χ2n) is 4.82. The predicted octanol–water partition coefficient (Wildman–Crippen LogP) is 3.19. The van der Waals surface area contributed by atoms with Crippen LogP contribution >= 0.6 is 11.6 Å². The Labute approximate surface area is 102 Å². The molecule has 0 spiro atoms. The minimum Gasteiger partial charge on any atom is -0.327 e. The molecule has 1 atom stereocenters. The Hall–Kier alpha value is -0.600. The maximum atomic E-state index is 6.18. The van der Waals surface area contributed by atoms with Crippen molar-refractivity contribution in [1.29, 1.82) is 0 Å². The van der Waals surface area contributed by atoms with Crippen molar-refractivity contribution in [3.63, 3.8) is 0 Å². The van der Waals surface area contributed by atoms with Crippen LogP contribution in [0, 0.1) is 5.92 Å². The van der Waals surface area contributed by atoms with Gasteiger partial charge in [0.25, 0.3) is 0 Å². The molecule has 1 aromatic rings. The average molecular weight is 239 g/mol. The molecule has 1 heterocycles. The number of aromatic nitrogens is 1. The second-order valence-corrected chi connectivity index (χ2v) is 5.22. The molecule has 0 bridgehead atoms. The van der Waals surface area contributed by atoms with Crippen LogP contribution in [0.2, 0.25) is 5.02 Å². The van der Waals surface area contributed by atoms with Crippen molar-refractivity contribution < 1.29 is 0 Å². The van der Waals surface area contributed by atoms with Gasteiger partial charge in [0, 0.05) is 18.4 Å². The van der Waals surface area contributed by atoms with Crippen LogP contribution in [-0.4, -0.2) is 11.0 Å². The SMILES string of the molecule is NC(Cc1ccncc1Cl)CC1CCCC1. The Bertz CT molecular complexity index is 334. The van der Waals surface area contributed by atoms with E-state index in [0.29, 0.717) is 0 Å². The maximum Gasteiger partial charge on any atom is 0.0621 e. The summed E-state index contributed by atoms with van der Waals surface area (Å²) in [5, 5.41) is 0.740. The minimum atomic E-state index is 0.239. The monoisotopic (exact) mass is 238 g/mol. The zero-order chi connectivity index (χ0) is 11.4. The van der Waals surface area contributed by atoms with Gasteiger partial charge in [-0.05, 0) is 30.4 Å². The molecule has 0 saturated heterocycles. The van der Waals surface area contributed by atoms with E-state index < -0.39 is 0 Å². The molecule has 88 valence electrons. The van der Waals surface area contributed by atoms with Crippen molar-refractivity contribution in [3.05, 3.63) is 29.0 Å². The van der Waals surface area contributed by atoms with E-state index in [9.17, 15) is 0 Å². The number of pyridine rings is 1. The Morgan fingerprint density at radius 3 is 2.88 bits per heavy atom. The van der Waals surface area contributed by atoms with Gasteiger partial charge in [-0.1, -0.05) is 37.3 Å². The lowest BCUT2D eigenvalue weighted by Crippen LogP contribution is -2.25. The zero-order valence-corrected chi connectivity index (χ0v) is 10.3. The molecule has 1 saturated carbocycles. The Morgan fingerprint density at radius 2 is 2.19 bits per heavy atom. The molecule has 0 aromatic carbocycles. The fourth-order valence-electron chi connectivity index (χ4n) is 2.61. The van der Waals surface area contributed by atoms with Gasteiger partial charge in [-0.2, -0.15) is 0 Å². The van der Waals surface area contributed by atoms with Crippen LogP contribution in [0.5, 0.6) is 0 Å². The number of rotatable bonds is 4. The second kappa shape index (κ2) is 5.65.